The summed E-state index contributed by atoms with van der Waals surface area (Å²) in [6, 6.07) is 2.20. The molecule has 1 amide bonds. The van der Waals surface area contributed by atoms with Crippen molar-refractivity contribution in [3.05, 3.63) is 17.3 Å². The first-order valence-electron chi connectivity index (χ1n) is 9.96. The van der Waals surface area contributed by atoms with Crippen molar-refractivity contribution in [2.45, 2.75) is 52.6 Å². The van der Waals surface area contributed by atoms with E-state index in [0.29, 0.717) is 13.2 Å². The van der Waals surface area contributed by atoms with Crippen molar-refractivity contribution in [2.75, 3.05) is 31.1 Å². The molecule has 3 heterocycles. The highest BCUT2D eigenvalue weighted by molar-refractivity contribution is 7.18. The van der Waals surface area contributed by atoms with Crippen LogP contribution in [0.25, 0.3) is 10.2 Å². The van der Waals surface area contributed by atoms with Gasteiger partial charge in [-0.05, 0) is 45.6 Å². The van der Waals surface area contributed by atoms with Crippen LogP contribution in [0.1, 0.15) is 44.9 Å². The number of nitrogens with one attached hydrogen (secondary N) is 1. The molecule has 1 aliphatic rings. The van der Waals surface area contributed by atoms with Crippen molar-refractivity contribution in [3.8, 4) is 0 Å². The lowest BCUT2D eigenvalue weighted by molar-refractivity contribution is -0.125. The maximum atomic E-state index is 12.6. The average molecular weight is 391 g/mol. The van der Waals surface area contributed by atoms with E-state index in [-0.39, 0.29) is 17.9 Å². The molecular weight excluding hydrogens is 360 g/mol. The number of nitrogens with zero attached hydrogens (tertiary/aromatic N) is 3. The number of amides is 1. The highest BCUT2D eigenvalue weighted by Gasteiger charge is 2.27. The van der Waals surface area contributed by atoms with Gasteiger partial charge >= 0.3 is 0 Å². The van der Waals surface area contributed by atoms with Crippen LogP contribution in [0.2, 0.25) is 0 Å². The van der Waals surface area contributed by atoms with Crippen molar-refractivity contribution in [1.29, 1.82) is 0 Å². The third-order valence-corrected chi connectivity index (χ3v) is 6.06. The minimum Gasteiger partial charge on any atom is -0.379 e. The number of carbonyl (C=O) groups excluding carboxylic acids is 1. The van der Waals surface area contributed by atoms with Gasteiger partial charge in [-0.1, -0.05) is 6.92 Å². The summed E-state index contributed by atoms with van der Waals surface area (Å²) < 4.78 is 5.52. The summed E-state index contributed by atoms with van der Waals surface area (Å²) in [7, 11) is 0. The lowest BCUT2D eigenvalue weighted by Crippen LogP contribution is -2.43. The zero-order chi connectivity index (χ0) is 19.2. The zero-order valence-corrected chi connectivity index (χ0v) is 17.3. The number of carbonyl (C=O) groups is 1. The van der Waals surface area contributed by atoms with Crippen molar-refractivity contribution in [1.82, 2.24) is 15.3 Å². The van der Waals surface area contributed by atoms with Crippen LogP contribution in [-0.2, 0) is 16.0 Å². The molecule has 6 nitrogen and oxygen atoms in total. The molecule has 1 fully saturated rings. The highest BCUT2D eigenvalue weighted by Crippen LogP contribution is 2.32. The molecule has 2 aromatic rings. The van der Waals surface area contributed by atoms with Crippen LogP contribution < -0.4 is 10.2 Å². The Labute approximate surface area is 165 Å². The van der Waals surface area contributed by atoms with E-state index in [4.69, 9.17) is 4.74 Å². The molecule has 27 heavy (non-hydrogen) atoms. The summed E-state index contributed by atoms with van der Waals surface area (Å²) in [6.07, 6.45) is 5.68. The monoisotopic (exact) mass is 390 g/mol. The first kappa shape index (κ1) is 20.0. The molecule has 0 unspecified atom stereocenters. The summed E-state index contributed by atoms with van der Waals surface area (Å²) in [5.74, 6) is 1.13. The maximum absolute atomic E-state index is 12.6. The molecule has 3 rings (SSSR count). The molecule has 1 atom stereocenters. The van der Waals surface area contributed by atoms with Gasteiger partial charge in [-0.3, -0.25) is 4.79 Å². The summed E-state index contributed by atoms with van der Waals surface area (Å²) in [5, 5.41) is 4.19. The van der Waals surface area contributed by atoms with E-state index in [9.17, 15) is 4.79 Å². The molecule has 1 aliphatic heterocycles. The fourth-order valence-electron chi connectivity index (χ4n) is 3.45. The van der Waals surface area contributed by atoms with E-state index in [1.165, 1.54) is 4.88 Å². The van der Waals surface area contributed by atoms with Gasteiger partial charge in [0.1, 0.15) is 17.0 Å². The Morgan fingerprint density at radius 2 is 2.30 bits per heavy atom. The third-order valence-electron chi connectivity index (χ3n) is 4.87. The van der Waals surface area contributed by atoms with Crippen molar-refractivity contribution < 1.29 is 9.53 Å². The van der Waals surface area contributed by atoms with E-state index < -0.39 is 0 Å². The first-order valence-corrected chi connectivity index (χ1v) is 10.8. The number of piperidine rings is 1. The molecule has 1 N–H and O–H groups in total. The molecule has 0 radical (unpaired) electrons. The number of hydrogen-bond donors (Lipinski definition) is 1. The van der Waals surface area contributed by atoms with Crippen LogP contribution in [0.5, 0.6) is 0 Å². The second-order valence-corrected chi connectivity index (χ2v) is 8.45. The SMILES string of the molecule is CCc1cc2c(N3CCC[C@H](C(=O)NCCCOC(C)C)C3)ncnc2s1. The summed E-state index contributed by atoms with van der Waals surface area (Å²) >= 11 is 1.73. The lowest BCUT2D eigenvalue weighted by atomic mass is 9.97. The standard InChI is InChI=1S/C20H30N4O2S/c1-4-16-11-17-18(22-13-23-20(17)27-16)24-9-5-7-15(12-24)19(25)21-8-6-10-26-14(2)3/h11,13-15H,4-10,12H2,1-3H3,(H,21,25)/t15-/m0/s1. The van der Waals surface area contributed by atoms with Gasteiger partial charge in [0.05, 0.1) is 17.4 Å². The normalized spacial score (nSPS) is 17.6. The number of aryl methyl sites for hydroxylation is 1. The number of rotatable bonds is 8. The maximum Gasteiger partial charge on any atom is 0.224 e. The lowest BCUT2D eigenvalue weighted by Gasteiger charge is -2.33. The molecule has 7 heteroatoms. The molecule has 148 valence electrons. The summed E-state index contributed by atoms with van der Waals surface area (Å²) in [5.41, 5.74) is 0. The second kappa shape index (κ2) is 9.46. The third kappa shape index (κ3) is 5.17. The Morgan fingerprint density at radius 3 is 3.07 bits per heavy atom. The van der Waals surface area contributed by atoms with Gasteiger partial charge in [-0.25, -0.2) is 9.97 Å². The van der Waals surface area contributed by atoms with Gasteiger partial charge in [-0.2, -0.15) is 0 Å². The Balaban J connectivity index is 1.59. The second-order valence-electron chi connectivity index (χ2n) is 7.33. The molecule has 0 aliphatic carbocycles. The zero-order valence-electron chi connectivity index (χ0n) is 16.5. The fraction of sp³-hybridized carbons (Fsp3) is 0.650. The van der Waals surface area contributed by atoms with E-state index in [1.54, 1.807) is 17.7 Å². The van der Waals surface area contributed by atoms with Crippen LogP contribution in [0.4, 0.5) is 5.82 Å². The molecule has 1 saturated heterocycles. The van der Waals surface area contributed by atoms with Crippen LogP contribution in [0.3, 0.4) is 0 Å². The molecule has 0 spiro atoms. The van der Waals surface area contributed by atoms with Crippen molar-refractivity contribution in [3.63, 3.8) is 0 Å². The van der Waals surface area contributed by atoms with Crippen LogP contribution in [0.15, 0.2) is 12.4 Å². The van der Waals surface area contributed by atoms with Gasteiger partial charge in [0.15, 0.2) is 0 Å². The largest absolute Gasteiger partial charge is 0.379 e. The Hall–Kier alpha value is -1.73. The van der Waals surface area contributed by atoms with Gasteiger partial charge < -0.3 is 15.0 Å². The average Bonchev–Trinajstić information content (AvgIpc) is 3.11. The number of ether oxygens (including phenoxy) is 1. The smallest absolute Gasteiger partial charge is 0.224 e. The van der Waals surface area contributed by atoms with E-state index in [2.05, 4.69) is 33.2 Å². The van der Waals surface area contributed by atoms with Crippen molar-refractivity contribution in [2.24, 2.45) is 5.92 Å². The van der Waals surface area contributed by atoms with E-state index in [1.807, 2.05) is 13.8 Å². The van der Waals surface area contributed by atoms with Crippen LogP contribution >= 0.6 is 11.3 Å². The number of fused-ring (bicyclic) bond motifs is 1. The quantitative estimate of drug-likeness (QED) is 0.700. The molecule has 2 aromatic heterocycles. The predicted molar refractivity (Wildman–Crippen MR) is 110 cm³/mol. The number of anilines is 1. The summed E-state index contributed by atoms with van der Waals surface area (Å²) in [4.78, 5) is 26.2. The van der Waals surface area contributed by atoms with Crippen molar-refractivity contribution >= 4 is 33.3 Å². The van der Waals surface area contributed by atoms with Crippen LogP contribution in [-0.4, -0.2) is 48.2 Å². The van der Waals surface area contributed by atoms with Gasteiger partial charge in [0.25, 0.3) is 0 Å². The predicted octanol–water partition coefficient (Wildman–Crippen LogP) is 3.40. The minimum atomic E-state index is 0.0130. The molecule has 0 saturated carbocycles. The Bertz CT molecular complexity index is 762. The Morgan fingerprint density at radius 1 is 1.44 bits per heavy atom. The number of hydrogen-bond acceptors (Lipinski definition) is 6. The molecule has 0 aromatic carbocycles. The minimum absolute atomic E-state index is 0.0130. The van der Waals surface area contributed by atoms with Gasteiger partial charge in [0, 0.05) is 31.1 Å². The fourth-order valence-corrected chi connectivity index (χ4v) is 4.38. The van der Waals surface area contributed by atoms with Gasteiger partial charge in [-0.15, -0.1) is 11.3 Å². The van der Waals surface area contributed by atoms with Gasteiger partial charge in [0.2, 0.25) is 5.91 Å². The summed E-state index contributed by atoms with van der Waals surface area (Å²) in [6.45, 7) is 9.22. The topological polar surface area (TPSA) is 67.4 Å². The Kier molecular flexibility index (Phi) is 7.01. The van der Waals surface area contributed by atoms with Crippen LogP contribution in [0, 0.1) is 5.92 Å². The first-order chi connectivity index (χ1) is 13.1. The number of aromatic nitrogens is 2. The highest BCUT2D eigenvalue weighted by atomic mass is 32.1. The number of thiophene rings is 1. The van der Waals surface area contributed by atoms with E-state index in [0.717, 1.165) is 54.8 Å². The van der Waals surface area contributed by atoms with E-state index >= 15 is 0 Å². The molecule has 0 bridgehead atoms. The molecular formula is C20H30N4O2S.